The molecule has 0 aliphatic heterocycles. The average Bonchev–Trinajstić information content (AvgIpc) is 2.89. The second-order valence-electron chi connectivity index (χ2n) is 5.65. The van der Waals surface area contributed by atoms with E-state index in [2.05, 4.69) is 5.32 Å². The molecular weight excluding hydrogens is 270 g/mol. The molecule has 0 aromatic heterocycles. The van der Waals surface area contributed by atoms with Gasteiger partial charge in [0.2, 0.25) is 0 Å². The zero-order valence-corrected chi connectivity index (χ0v) is 12.4. The van der Waals surface area contributed by atoms with E-state index in [1.54, 1.807) is 0 Å². The zero-order valence-electron chi connectivity index (χ0n) is 12.4. The molecule has 2 atom stereocenters. The molecule has 1 amide bonds. The molecule has 1 aliphatic rings. The maximum Gasteiger partial charge on any atom is 0.306 e. The average molecular weight is 291 g/mol. The van der Waals surface area contributed by atoms with E-state index in [9.17, 15) is 9.59 Å². The summed E-state index contributed by atoms with van der Waals surface area (Å²) in [6, 6.07) is 5.64. The van der Waals surface area contributed by atoms with Crippen LogP contribution < -0.4 is 10.1 Å². The summed E-state index contributed by atoms with van der Waals surface area (Å²) in [5.74, 6) is -0.651. The summed E-state index contributed by atoms with van der Waals surface area (Å²) in [7, 11) is 0. The van der Waals surface area contributed by atoms with Crippen LogP contribution in [0.1, 0.15) is 30.4 Å². The molecule has 2 rings (SSSR count). The largest absolute Gasteiger partial charge is 0.484 e. The minimum absolute atomic E-state index is 0.0449. The van der Waals surface area contributed by atoms with Crippen molar-refractivity contribution in [2.24, 2.45) is 5.92 Å². The molecule has 1 aliphatic carbocycles. The topological polar surface area (TPSA) is 75.6 Å². The molecule has 2 N–H and O–H groups in total. The molecule has 5 nitrogen and oxygen atoms in total. The van der Waals surface area contributed by atoms with Gasteiger partial charge >= 0.3 is 5.97 Å². The highest BCUT2D eigenvalue weighted by molar-refractivity contribution is 5.78. The van der Waals surface area contributed by atoms with E-state index in [1.165, 1.54) is 5.56 Å². The van der Waals surface area contributed by atoms with Crippen LogP contribution in [0.25, 0.3) is 0 Å². The van der Waals surface area contributed by atoms with Gasteiger partial charge in [0.05, 0.1) is 5.92 Å². The molecule has 21 heavy (non-hydrogen) atoms. The molecule has 0 bridgehead atoms. The highest BCUT2D eigenvalue weighted by Gasteiger charge is 2.30. The summed E-state index contributed by atoms with van der Waals surface area (Å²) >= 11 is 0. The first kappa shape index (κ1) is 15.4. The van der Waals surface area contributed by atoms with E-state index in [0.29, 0.717) is 25.0 Å². The van der Waals surface area contributed by atoms with Crippen LogP contribution in [0.15, 0.2) is 18.2 Å². The molecule has 0 radical (unpaired) electrons. The van der Waals surface area contributed by atoms with Crippen molar-refractivity contribution in [3.05, 3.63) is 29.3 Å². The predicted octanol–water partition coefficient (Wildman–Crippen LogP) is 2.05. The highest BCUT2D eigenvalue weighted by Crippen LogP contribution is 2.25. The van der Waals surface area contributed by atoms with E-state index in [1.807, 2.05) is 32.0 Å². The number of carboxylic acids is 1. The number of nitrogens with one attached hydrogen (secondary N) is 1. The van der Waals surface area contributed by atoms with Gasteiger partial charge in [-0.1, -0.05) is 6.07 Å². The summed E-state index contributed by atoms with van der Waals surface area (Å²) in [6.07, 6.45) is 1.84. The van der Waals surface area contributed by atoms with Crippen molar-refractivity contribution in [1.82, 2.24) is 5.32 Å². The molecule has 0 saturated heterocycles. The van der Waals surface area contributed by atoms with Crippen molar-refractivity contribution >= 4 is 11.9 Å². The lowest BCUT2D eigenvalue weighted by atomic mass is 10.1. The first-order valence-electron chi connectivity index (χ1n) is 7.18. The zero-order chi connectivity index (χ0) is 15.4. The molecule has 5 heteroatoms. The monoisotopic (exact) mass is 291 g/mol. The third-order valence-corrected chi connectivity index (χ3v) is 4.00. The molecule has 114 valence electrons. The number of hydrogen-bond acceptors (Lipinski definition) is 3. The van der Waals surface area contributed by atoms with Gasteiger partial charge in [0.1, 0.15) is 5.75 Å². The van der Waals surface area contributed by atoms with Gasteiger partial charge in [-0.2, -0.15) is 0 Å². The fourth-order valence-corrected chi connectivity index (χ4v) is 2.56. The van der Waals surface area contributed by atoms with E-state index >= 15 is 0 Å². The summed E-state index contributed by atoms with van der Waals surface area (Å²) in [4.78, 5) is 22.7. The van der Waals surface area contributed by atoms with Gasteiger partial charge in [0.15, 0.2) is 6.61 Å². The molecule has 0 spiro atoms. The standard InChI is InChI=1S/C16H21NO4/c1-10-3-6-14(7-11(10)2)21-9-15(18)17-13-5-4-12(8-13)16(19)20/h3,6-7,12-13H,4-5,8-9H2,1-2H3,(H,17,18)(H,19,20)/t12-,13+/m0/s1. The molecule has 1 fully saturated rings. The van der Waals surface area contributed by atoms with Crippen LogP contribution in [-0.2, 0) is 9.59 Å². The van der Waals surface area contributed by atoms with E-state index in [4.69, 9.17) is 9.84 Å². The number of aliphatic carboxylic acids is 1. The Hall–Kier alpha value is -2.04. The molecule has 0 unspecified atom stereocenters. The Kier molecular flexibility index (Phi) is 4.83. The third kappa shape index (κ3) is 4.21. The fourth-order valence-electron chi connectivity index (χ4n) is 2.56. The molecule has 1 saturated carbocycles. The number of ether oxygens (including phenoxy) is 1. The lowest BCUT2D eigenvalue weighted by molar-refractivity contribution is -0.141. The quantitative estimate of drug-likeness (QED) is 0.870. The van der Waals surface area contributed by atoms with Gasteiger partial charge in [0.25, 0.3) is 5.91 Å². The Bertz CT molecular complexity index is 541. The number of carbonyl (C=O) groups is 2. The van der Waals surface area contributed by atoms with Crippen LogP contribution in [0.2, 0.25) is 0 Å². The normalized spacial score (nSPS) is 21.0. The van der Waals surface area contributed by atoms with Crippen molar-refractivity contribution in [2.45, 2.75) is 39.2 Å². The van der Waals surface area contributed by atoms with Crippen LogP contribution >= 0.6 is 0 Å². The molecule has 0 heterocycles. The van der Waals surface area contributed by atoms with E-state index in [-0.39, 0.29) is 24.5 Å². The lowest BCUT2D eigenvalue weighted by Crippen LogP contribution is -2.36. The van der Waals surface area contributed by atoms with Gasteiger partial charge in [-0.3, -0.25) is 9.59 Å². The van der Waals surface area contributed by atoms with Crippen LogP contribution in [-0.4, -0.2) is 29.6 Å². The summed E-state index contributed by atoms with van der Waals surface area (Å²) in [5.41, 5.74) is 2.30. The summed E-state index contributed by atoms with van der Waals surface area (Å²) in [5, 5.41) is 11.8. The van der Waals surface area contributed by atoms with Crippen LogP contribution in [0.3, 0.4) is 0 Å². The van der Waals surface area contributed by atoms with Crippen molar-refractivity contribution in [1.29, 1.82) is 0 Å². The van der Waals surface area contributed by atoms with Crippen LogP contribution in [0.5, 0.6) is 5.75 Å². The van der Waals surface area contributed by atoms with Crippen LogP contribution in [0.4, 0.5) is 0 Å². The van der Waals surface area contributed by atoms with Crippen molar-refractivity contribution in [3.8, 4) is 5.75 Å². The maximum absolute atomic E-state index is 11.8. The number of benzene rings is 1. The Morgan fingerprint density at radius 2 is 2.05 bits per heavy atom. The Balaban J connectivity index is 1.77. The van der Waals surface area contributed by atoms with Crippen molar-refractivity contribution in [2.75, 3.05) is 6.61 Å². The number of carbonyl (C=O) groups excluding carboxylic acids is 1. The van der Waals surface area contributed by atoms with E-state index < -0.39 is 5.97 Å². The van der Waals surface area contributed by atoms with Gasteiger partial charge in [-0.05, 0) is 56.4 Å². The van der Waals surface area contributed by atoms with Gasteiger partial charge in [-0.25, -0.2) is 0 Å². The Morgan fingerprint density at radius 1 is 1.29 bits per heavy atom. The number of rotatable bonds is 5. The molecular formula is C16H21NO4. The highest BCUT2D eigenvalue weighted by atomic mass is 16.5. The number of hydrogen-bond donors (Lipinski definition) is 2. The maximum atomic E-state index is 11.8. The minimum Gasteiger partial charge on any atom is -0.484 e. The van der Waals surface area contributed by atoms with Gasteiger partial charge in [-0.15, -0.1) is 0 Å². The summed E-state index contributed by atoms with van der Waals surface area (Å²) in [6.45, 7) is 3.97. The van der Waals surface area contributed by atoms with Gasteiger partial charge in [0, 0.05) is 6.04 Å². The first-order chi connectivity index (χ1) is 9.95. The third-order valence-electron chi connectivity index (χ3n) is 4.00. The first-order valence-corrected chi connectivity index (χ1v) is 7.18. The number of carboxylic acid groups (broad SMARTS) is 1. The number of aryl methyl sites for hydroxylation is 2. The molecule has 1 aromatic rings. The SMILES string of the molecule is Cc1ccc(OCC(=O)N[C@@H]2CC[C@H](C(=O)O)C2)cc1C. The Morgan fingerprint density at radius 3 is 2.67 bits per heavy atom. The lowest BCUT2D eigenvalue weighted by Gasteiger charge is -2.13. The number of amides is 1. The summed E-state index contributed by atoms with van der Waals surface area (Å²) < 4.78 is 5.46. The predicted molar refractivity (Wildman–Crippen MR) is 78.3 cm³/mol. The Labute approximate surface area is 124 Å². The smallest absolute Gasteiger partial charge is 0.306 e. The van der Waals surface area contributed by atoms with Crippen molar-refractivity contribution < 1.29 is 19.4 Å². The minimum atomic E-state index is -0.780. The van der Waals surface area contributed by atoms with Crippen molar-refractivity contribution in [3.63, 3.8) is 0 Å². The fraction of sp³-hybridized carbons (Fsp3) is 0.500. The second-order valence-corrected chi connectivity index (χ2v) is 5.65. The van der Waals surface area contributed by atoms with Gasteiger partial charge < -0.3 is 15.2 Å². The molecule has 1 aromatic carbocycles. The van der Waals surface area contributed by atoms with E-state index in [0.717, 1.165) is 5.56 Å². The second kappa shape index (κ2) is 6.61. The van der Waals surface area contributed by atoms with Crippen LogP contribution in [0, 0.1) is 19.8 Å².